The van der Waals surface area contributed by atoms with Crippen LogP contribution in [0.3, 0.4) is 0 Å². The molecule has 3 heterocycles. The Morgan fingerprint density at radius 2 is 1.66 bits per heavy atom. The maximum Gasteiger partial charge on any atom is 0.264 e. The smallest absolute Gasteiger partial charge is 0.264 e. The summed E-state index contributed by atoms with van der Waals surface area (Å²) in [5, 5.41) is 10.4. The molecule has 0 radical (unpaired) electrons. The number of amides is 2. The van der Waals surface area contributed by atoms with Gasteiger partial charge in [-0.1, -0.05) is 69.3 Å². The Hall–Kier alpha value is -3.00. The van der Waals surface area contributed by atoms with Crippen LogP contribution >= 0.6 is 45.2 Å². The van der Waals surface area contributed by atoms with Gasteiger partial charge in [0.1, 0.15) is 5.75 Å². The van der Waals surface area contributed by atoms with Gasteiger partial charge in [0.05, 0.1) is 44.5 Å². The molecular weight excluding hydrogens is 854 g/mol. The third kappa shape index (κ3) is 6.05. The van der Waals surface area contributed by atoms with Gasteiger partial charge >= 0.3 is 0 Å². The first-order chi connectivity index (χ1) is 24.0. The lowest BCUT2D eigenvalue weighted by atomic mass is 9.63. The Kier molecular flexibility index (Phi) is 9.81. The molecule has 0 aromatic heterocycles. The second kappa shape index (κ2) is 13.9. The summed E-state index contributed by atoms with van der Waals surface area (Å²) < 4.78 is 14.9. The molecule has 1 spiro atoms. The minimum absolute atomic E-state index is 0.0765. The first-order valence-electron chi connectivity index (χ1n) is 17.1. The van der Waals surface area contributed by atoms with Gasteiger partial charge in [0.25, 0.3) is 5.91 Å². The number of carbonyl (C=O) groups excluding carboxylic acids is 2. The lowest BCUT2D eigenvalue weighted by molar-refractivity contribution is -0.151. The zero-order chi connectivity index (χ0) is 35.4. The maximum absolute atomic E-state index is 15.1. The van der Waals surface area contributed by atoms with Crippen molar-refractivity contribution in [1.82, 2.24) is 4.90 Å². The summed E-state index contributed by atoms with van der Waals surface area (Å²) in [6, 6.07) is 30.3. The van der Waals surface area contributed by atoms with E-state index in [0.29, 0.717) is 19.5 Å². The molecule has 260 valence electrons. The minimum Gasteiger partial charge on any atom is -0.497 e. The van der Waals surface area contributed by atoms with Crippen LogP contribution in [-0.4, -0.2) is 47.7 Å². The molecule has 2 amide bonds. The fourth-order valence-corrected chi connectivity index (χ4v) is 9.60. The number of aliphatic hydroxyl groups excluding tert-OH is 1. The summed E-state index contributed by atoms with van der Waals surface area (Å²) in [5.41, 5.74) is 4.32. The molecule has 0 aliphatic carbocycles. The van der Waals surface area contributed by atoms with Crippen molar-refractivity contribution in [3.63, 3.8) is 0 Å². The summed E-state index contributed by atoms with van der Waals surface area (Å²) in [4.78, 5) is 33.2. The highest BCUT2D eigenvalue weighted by atomic mass is 127. The van der Waals surface area contributed by atoms with Gasteiger partial charge in [-0.25, -0.2) is 0 Å². The number of carbonyl (C=O) groups is 2. The standard InChI is InChI=1S/C41H42I2N2O5/c1-25-38(40(2,3)29-11-16-33(49-4)17-12-29)36(21-37(47)44-23-28-8-6-5-7-27(28)19-32(44)24-46)50-41(25)34-20-31(43)15-18-35(34)45(39(41)48)22-26-9-13-30(42)14-10-26/h5-18,20,25,32,36,38,46H,19,21-24H2,1-4H3/t25-,32-,36+,38-,41+/m0/s1. The van der Waals surface area contributed by atoms with Crippen molar-refractivity contribution in [2.45, 2.75) is 69.9 Å². The molecule has 1 N–H and O–H groups in total. The van der Waals surface area contributed by atoms with Crippen molar-refractivity contribution in [1.29, 1.82) is 0 Å². The average molecular weight is 897 g/mol. The third-order valence-corrected chi connectivity index (χ3v) is 12.7. The molecule has 4 aromatic rings. The Morgan fingerprint density at radius 3 is 2.34 bits per heavy atom. The van der Waals surface area contributed by atoms with Gasteiger partial charge in [-0.05, 0) is 122 Å². The fourth-order valence-electron chi connectivity index (χ4n) is 8.75. The molecule has 3 aliphatic heterocycles. The number of fused-ring (bicyclic) bond motifs is 3. The van der Waals surface area contributed by atoms with Crippen LogP contribution < -0.4 is 9.64 Å². The van der Waals surface area contributed by atoms with Crippen molar-refractivity contribution in [3.8, 4) is 5.75 Å². The topological polar surface area (TPSA) is 79.3 Å². The molecular formula is C41H42I2N2O5. The predicted molar refractivity (Wildman–Crippen MR) is 211 cm³/mol. The molecule has 0 bridgehead atoms. The van der Waals surface area contributed by atoms with Crippen molar-refractivity contribution >= 4 is 62.7 Å². The number of hydrogen-bond donors (Lipinski definition) is 1. The summed E-state index contributed by atoms with van der Waals surface area (Å²) >= 11 is 4.60. The Balaban J connectivity index is 1.30. The summed E-state index contributed by atoms with van der Waals surface area (Å²) in [7, 11) is 1.66. The Labute approximate surface area is 321 Å². The summed E-state index contributed by atoms with van der Waals surface area (Å²) in [5.74, 6) is 0.111. The van der Waals surface area contributed by atoms with Gasteiger partial charge in [0.2, 0.25) is 5.91 Å². The first-order valence-corrected chi connectivity index (χ1v) is 19.3. The quantitative estimate of drug-likeness (QED) is 0.185. The molecule has 3 aliphatic rings. The first kappa shape index (κ1) is 35.4. The van der Waals surface area contributed by atoms with E-state index in [9.17, 15) is 9.90 Å². The average Bonchev–Trinajstić information content (AvgIpc) is 3.54. The monoisotopic (exact) mass is 896 g/mol. The van der Waals surface area contributed by atoms with E-state index in [2.05, 4.69) is 121 Å². The van der Waals surface area contributed by atoms with E-state index in [0.717, 1.165) is 46.4 Å². The van der Waals surface area contributed by atoms with E-state index in [1.165, 1.54) is 0 Å². The van der Waals surface area contributed by atoms with Crippen LogP contribution in [0, 0.1) is 19.0 Å². The molecule has 1 fully saturated rings. The molecule has 5 atom stereocenters. The number of rotatable bonds is 8. The molecule has 4 aromatic carbocycles. The van der Waals surface area contributed by atoms with Crippen molar-refractivity contribution in [3.05, 3.63) is 126 Å². The number of hydrogen-bond acceptors (Lipinski definition) is 5. The third-order valence-electron chi connectivity index (χ3n) is 11.3. The molecule has 7 nitrogen and oxygen atoms in total. The van der Waals surface area contributed by atoms with E-state index in [1.54, 1.807) is 7.11 Å². The Bertz CT molecular complexity index is 1910. The predicted octanol–water partition coefficient (Wildman–Crippen LogP) is 7.61. The number of aliphatic hydroxyl groups is 1. The molecule has 0 unspecified atom stereocenters. The second-order valence-electron chi connectivity index (χ2n) is 14.4. The SMILES string of the molecule is COc1ccc(C(C)(C)[C@@H]2[C@@H](CC(=O)N3Cc4ccccc4C[C@H]3CO)O[C@]3(C(=O)N(Cc4ccc(I)cc4)c4ccc(I)cc43)[C@H]2C)cc1. The number of halogens is 2. The fraction of sp³-hybridized carbons (Fsp3) is 0.366. The highest BCUT2D eigenvalue weighted by Gasteiger charge is 2.66. The van der Waals surface area contributed by atoms with E-state index in [-0.39, 0.29) is 42.7 Å². The lowest BCUT2D eigenvalue weighted by Gasteiger charge is -2.40. The molecule has 7 rings (SSSR count). The van der Waals surface area contributed by atoms with Crippen molar-refractivity contribution in [2.24, 2.45) is 11.8 Å². The number of benzene rings is 4. The minimum atomic E-state index is -1.27. The lowest BCUT2D eigenvalue weighted by Crippen LogP contribution is -2.48. The molecule has 1 saturated heterocycles. The maximum atomic E-state index is 15.1. The largest absolute Gasteiger partial charge is 0.497 e. The second-order valence-corrected chi connectivity index (χ2v) is 16.9. The highest BCUT2D eigenvalue weighted by Crippen LogP contribution is 2.60. The highest BCUT2D eigenvalue weighted by molar-refractivity contribution is 14.1. The van der Waals surface area contributed by atoms with Crippen LogP contribution in [0.25, 0.3) is 0 Å². The van der Waals surface area contributed by atoms with Gasteiger partial charge in [-0.15, -0.1) is 0 Å². The molecule has 50 heavy (non-hydrogen) atoms. The van der Waals surface area contributed by atoms with E-state index >= 15 is 4.79 Å². The van der Waals surface area contributed by atoms with Crippen LogP contribution in [0.2, 0.25) is 0 Å². The van der Waals surface area contributed by atoms with Gasteiger partial charge in [0.15, 0.2) is 5.60 Å². The van der Waals surface area contributed by atoms with E-state index < -0.39 is 17.1 Å². The van der Waals surface area contributed by atoms with E-state index in [1.807, 2.05) is 46.2 Å². The van der Waals surface area contributed by atoms with Crippen LogP contribution in [0.5, 0.6) is 5.75 Å². The summed E-state index contributed by atoms with van der Waals surface area (Å²) in [6.45, 7) is 7.25. The summed E-state index contributed by atoms with van der Waals surface area (Å²) in [6.07, 6.45) is 0.126. The zero-order valence-corrected chi connectivity index (χ0v) is 33.1. The van der Waals surface area contributed by atoms with Crippen LogP contribution in [0.15, 0.2) is 91.0 Å². The number of ether oxygens (including phenoxy) is 2. The van der Waals surface area contributed by atoms with E-state index in [4.69, 9.17) is 9.47 Å². The molecule has 0 saturated carbocycles. The molecule has 9 heteroatoms. The number of nitrogens with zero attached hydrogens (tertiary/aromatic N) is 2. The zero-order valence-electron chi connectivity index (χ0n) is 28.7. The Morgan fingerprint density at radius 1 is 0.980 bits per heavy atom. The van der Waals surface area contributed by atoms with Gasteiger partial charge in [0, 0.05) is 31.1 Å². The van der Waals surface area contributed by atoms with Crippen LogP contribution in [0.4, 0.5) is 5.69 Å². The number of methoxy groups -OCH3 is 1. The van der Waals surface area contributed by atoms with Gasteiger partial charge < -0.3 is 24.4 Å². The van der Waals surface area contributed by atoms with Gasteiger partial charge in [-0.3, -0.25) is 9.59 Å². The van der Waals surface area contributed by atoms with Gasteiger partial charge in [-0.2, -0.15) is 0 Å². The van der Waals surface area contributed by atoms with Crippen molar-refractivity contribution < 1.29 is 24.2 Å². The number of anilines is 1. The normalized spacial score (nSPS) is 24.4. The van der Waals surface area contributed by atoms with Crippen LogP contribution in [0.1, 0.15) is 55.0 Å². The van der Waals surface area contributed by atoms with Crippen LogP contribution in [-0.2, 0) is 44.9 Å². The van der Waals surface area contributed by atoms with Crippen molar-refractivity contribution in [2.75, 3.05) is 18.6 Å².